The van der Waals surface area contributed by atoms with Crippen LogP contribution in [0.2, 0.25) is 5.02 Å². The number of hydrogen-bond donors (Lipinski definition) is 1. The number of ether oxygens (including phenoxy) is 2. The minimum Gasteiger partial charge on any atom is -0.495 e. The van der Waals surface area contributed by atoms with Crippen molar-refractivity contribution in [3.05, 3.63) is 41.4 Å². The molecule has 144 valence electrons. The summed E-state index contributed by atoms with van der Waals surface area (Å²) in [5.41, 5.74) is 0.889. The molecule has 1 N–H and O–H groups in total. The average Bonchev–Trinajstić information content (AvgIpc) is 3.08. The first kappa shape index (κ1) is 19.3. The molecule has 0 bridgehead atoms. The zero-order valence-corrected chi connectivity index (χ0v) is 16.4. The van der Waals surface area contributed by atoms with Crippen LogP contribution in [-0.2, 0) is 14.8 Å². The molecular formula is C18H19ClN2O5S. The van der Waals surface area contributed by atoms with Gasteiger partial charge in [-0.05, 0) is 30.7 Å². The van der Waals surface area contributed by atoms with E-state index < -0.39 is 10.0 Å². The molecule has 0 saturated carbocycles. The van der Waals surface area contributed by atoms with E-state index >= 15 is 0 Å². The standard InChI is InChI=1S/C18H19ClN2O5S/c1-25-16-11-15(17(26-2)10-14(16)19)20-27(23,24)13-7-5-12(6-8-13)21-9-3-4-18(21)22/h5-8,10-11,20H,3-4,9H2,1-2H3. The molecule has 0 aromatic heterocycles. The van der Waals surface area contributed by atoms with Crippen LogP contribution in [0.15, 0.2) is 41.3 Å². The van der Waals surface area contributed by atoms with E-state index in [2.05, 4.69) is 4.72 Å². The van der Waals surface area contributed by atoms with Crippen LogP contribution in [0.4, 0.5) is 11.4 Å². The van der Waals surface area contributed by atoms with Crippen LogP contribution in [0, 0.1) is 0 Å². The van der Waals surface area contributed by atoms with E-state index in [-0.39, 0.29) is 22.2 Å². The van der Waals surface area contributed by atoms with E-state index in [1.165, 1.54) is 38.5 Å². The SMILES string of the molecule is COc1cc(NS(=O)(=O)c2ccc(N3CCCC3=O)cc2)c(OC)cc1Cl. The zero-order chi connectivity index (χ0) is 19.6. The number of amides is 1. The van der Waals surface area contributed by atoms with Gasteiger partial charge in [-0.2, -0.15) is 0 Å². The minimum atomic E-state index is -3.87. The molecule has 1 amide bonds. The number of sulfonamides is 1. The third-order valence-corrected chi connectivity index (χ3v) is 5.93. The number of carbonyl (C=O) groups excluding carboxylic acids is 1. The van der Waals surface area contributed by atoms with Gasteiger partial charge in [0.2, 0.25) is 5.91 Å². The fraction of sp³-hybridized carbons (Fsp3) is 0.278. The number of nitrogens with one attached hydrogen (secondary N) is 1. The molecule has 0 atom stereocenters. The first-order valence-electron chi connectivity index (χ1n) is 8.20. The van der Waals surface area contributed by atoms with Gasteiger partial charge in [0.05, 0.1) is 29.8 Å². The molecule has 0 spiro atoms. The molecule has 1 aliphatic rings. The molecule has 0 unspecified atom stereocenters. The molecule has 2 aromatic carbocycles. The predicted octanol–water partition coefficient (Wildman–Crippen LogP) is 3.28. The van der Waals surface area contributed by atoms with Crippen molar-refractivity contribution < 1.29 is 22.7 Å². The van der Waals surface area contributed by atoms with Crippen LogP contribution in [0.5, 0.6) is 11.5 Å². The first-order valence-corrected chi connectivity index (χ1v) is 10.1. The van der Waals surface area contributed by atoms with Gasteiger partial charge in [-0.1, -0.05) is 11.6 Å². The highest BCUT2D eigenvalue weighted by atomic mass is 35.5. The Morgan fingerprint density at radius 1 is 1.07 bits per heavy atom. The summed E-state index contributed by atoms with van der Waals surface area (Å²) in [4.78, 5) is 13.5. The molecule has 0 radical (unpaired) electrons. The van der Waals surface area contributed by atoms with E-state index in [1.807, 2.05) is 0 Å². The van der Waals surface area contributed by atoms with Crippen molar-refractivity contribution in [1.29, 1.82) is 0 Å². The largest absolute Gasteiger partial charge is 0.495 e. The van der Waals surface area contributed by atoms with Gasteiger partial charge in [0, 0.05) is 30.8 Å². The van der Waals surface area contributed by atoms with Crippen LogP contribution >= 0.6 is 11.6 Å². The number of methoxy groups -OCH3 is 2. The first-order chi connectivity index (χ1) is 12.9. The summed E-state index contributed by atoms with van der Waals surface area (Å²) in [6.45, 7) is 0.644. The molecule has 1 saturated heterocycles. The summed E-state index contributed by atoms with van der Waals surface area (Å²) in [6.07, 6.45) is 1.32. The summed E-state index contributed by atoms with van der Waals surface area (Å²) in [5, 5.41) is 0.303. The monoisotopic (exact) mass is 410 g/mol. The van der Waals surface area contributed by atoms with Crippen molar-refractivity contribution in [2.75, 3.05) is 30.4 Å². The predicted molar refractivity (Wildman–Crippen MR) is 103 cm³/mol. The van der Waals surface area contributed by atoms with Crippen molar-refractivity contribution in [3.8, 4) is 11.5 Å². The Kier molecular flexibility index (Phi) is 5.48. The van der Waals surface area contributed by atoms with Gasteiger partial charge in [0.25, 0.3) is 10.0 Å². The van der Waals surface area contributed by atoms with E-state index in [4.69, 9.17) is 21.1 Å². The van der Waals surface area contributed by atoms with Gasteiger partial charge >= 0.3 is 0 Å². The molecule has 1 heterocycles. The topological polar surface area (TPSA) is 84.9 Å². The quantitative estimate of drug-likeness (QED) is 0.789. The molecule has 1 fully saturated rings. The van der Waals surface area contributed by atoms with Crippen molar-refractivity contribution in [1.82, 2.24) is 0 Å². The van der Waals surface area contributed by atoms with Gasteiger partial charge < -0.3 is 14.4 Å². The van der Waals surface area contributed by atoms with E-state index in [0.29, 0.717) is 29.4 Å². The average molecular weight is 411 g/mol. The number of rotatable bonds is 6. The van der Waals surface area contributed by atoms with Crippen molar-refractivity contribution in [2.45, 2.75) is 17.7 Å². The lowest BCUT2D eigenvalue weighted by molar-refractivity contribution is -0.117. The van der Waals surface area contributed by atoms with Crippen LogP contribution in [0.3, 0.4) is 0 Å². The molecule has 2 aromatic rings. The maximum absolute atomic E-state index is 12.7. The second-order valence-electron chi connectivity index (χ2n) is 5.94. The molecular weight excluding hydrogens is 392 g/mol. The van der Waals surface area contributed by atoms with Crippen LogP contribution in [0.1, 0.15) is 12.8 Å². The lowest BCUT2D eigenvalue weighted by atomic mass is 10.3. The van der Waals surface area contributed by atoms with Crippen LogP contribution in [-0.4, -0.2) is 35.1 Å². The number of halogens is 1. The van der Waals surface area contributed by atoms with Gasteiger partial charge in [-0.25, -0.2) is 8.42 Å². The Morgan fingerprint density at radius 2 is 1.74 bits per heavy atom. The molecule has 0 aliphatic carbocycles. The smallest absolute Gasteiger partial charge is 0.262 e. The Hall–Kier alpha value is -2.45. The zero-order valence-electron chi connectivity index (χ0n) is 14.9. The second-order valence-corrected chi connectivity index (χ2v) is 8.02. The summed E-state index contributed by atoms with van der Waals surface area (Å²) >= 11 is 6.05. The highest BCUT2D eigenvalue weighted by Crippen LogP contribution is 2.37. The summed E-state index contributed by atoms with van der Waals surface area (Å²) in [7, 11) is -1.02. The van der Waals surface area contributed by atoms with Crippen molar-refractivity contribution >= 4 is 38.9 Å². The number of anilines is 2. The second kappa shape index (κ2) is 7.66. The number of hydrogen-bond acceptors (Lipinski definition) is 5. The van der Waals surface area contributed by atoms with Gasteiger partial charge in [0.1, 0.15) is 11.5 Å². The third-order valence-electron chi connectivity index (χ3n) is 4.25. The lowest BCUT2D eigenvalue weighted by Crippen LogP contribution is -2.23. The molecule has 9 heteroatoms. The maximum atomic E-state index is 12.7. The fourth-order valence-electron chi connectivity index (χ4n) is 2.87. The number of nitrogens with zero attached hydrogens (tertiary/aromatic N) is 1. The van der Waals surface area contributed by atoms with Crippen molar-refractivity contribution in [2.24, 2.45) is 0 Å². The fourth-order valence-corrected chi connectivity index (χ4v) is 4.16. The highest BCUT2D eigenvalue weighted by molar-refractivity contribution is 7.92. The minimum absolute atomic E-state index is 0.0433. The molecule has 3 rings (SSSR count). The number of benzene rings is 2. The molecule has 1 aliphatic heterocycles. The highest BCUT2D eigenvalue weighted by Gasteiger charge is 2.23. The van der Waals surface area contributed by atoms with Gasteiger partial charge in [0.15, 0.2) is 0 Å². The molecule has 7 nitrogen and oxygen atoms in total. The summed E-state index contributed by atoms with van der Waals surface area (Å²) in [5.74, 6) is 0.628. The summed E-state index contributed by atoms with van der Waals surface area (Å²) in [6, 6.07) is 9.09. The Morgan fingerprint density at radius 3 is 2.30 bits per heavy atom. The Bertz CT molecular complexity index is 960. The normalized spacial score (nSPS) is 14.3. The Labute approximate surface area is 162 Å². The van der Waals surface area contributed by atoms with Crippen LogP contribution < -0.4 is 19.1 Å². The third kappa shape index (κ3) is 3.96. The van der Waals surface area contributed by atoms with E-state index in [9.17, 15) is 13.2 Å². The van der Waals surface area contributed by atoms with E-state index in [0.717, 1.165) is 6.42 Å². The van der Waals surface area contributed by atoms with Gasteiger partial charge in [-0.15, -0.1) is 0 Å². The van der Waals surface area contributed by atoms with E-state index in [1.54, 1.807) is 17.0 Å². The summed E-state index contributed by atoms with van der Waals surface area (Å²) < 4.78 is 38.3. The lowest BCUT2D eigenvalue weighted by Gasteiger charge is -2.17. The molecule has 27 heavy (non-hydrogen) atoms. The Balaban J connectivity index is 1.88. The van der Waals surface area contributed by atoms with Crippen LogP contribution in [0.25, 0.3) is 0 Å². The van der Waals surface area contributed by atoms with Crippen molar-refractivity contribution in [3.63, 3.8) is 0 Å². The number of carbonyl (C=O) groups is 1. The van der Waals surface area contributed by atoms with Gasteiger partial charge in [-0.3, -0.25) is 9.52 Å². The maximum Gasteiger partial charge on any atom is 0.262 e.